The van der Waals surface area contributed by atoms with Crippen LogP contribution < -0.4 is 0 Å². The Morgan fingerprint density at radius 2 is 1.69 bits per heavy atom. The van der Waals surface area contributed by atoms with E-state index >= 15 is 0 Å². The van der Waals surface area contributed by atoms with Crippen LogP contribution in [0.4, 0.5) is 0 Å². The van der Waals surface area contributed by atoms with Crippen LogP contribution in [0.1, 0.15) is 59.8 Å². The summed E-state index contributed by atoms with van der Waals surface area (Å²) in [5, 5.41) is 0. The third kappa shape index (κ3) is 2.48. The van der Waals surface area contributed by atoms with Gasteiger partial charge in [-0.1, -0.05) is 28.8 Å². The van der Waals surface area contributed by atoms with Gasteiger partial charge in [-0.25, -0.2) is 0 Å². The van der Waals surface area contributed by atoms with Crippen molar-refractivity contribution in [1.82, 2.24) is 0 Å². The highest BCUT2D eigenvalue weighted by Gasteiger charge is 2.50. The second-order valence-corrected chi connectivity index (χ2v) is 7.92. The highest BCUT2D eigenvalue weighted by Crippen LogP contribution is 2.50. The molecular formula is C14H25BrO. The van der Waals surface area contributed by atoms with Gasteiger partial charge in [0.1, 0.15) is 0 Å². The standard InChI is InChI=1S/C14H25BrO/c1-13(2)9-11(14(3,4)16-13)10-7-5-6-8-12(10)15/h10-12H,5-9H2,1-4H3. The molecule has 0 aromatic carbocycles. The maximum atomic E-state index is 6.23. The van der Waals surface area contributed by atoms with Crippen molar-refractivity contribution in [2.24, 2.45) is 11.8 Å². The van der Waals surface area contributed by atoms with E-state index in [1.165, 1.54) is 32.1 Å². The third-order valence-electron chi connectivity index (χ3n) is 4.39. The Bertz CT molecular complexity index is 259. The first kappa shape index (κ1) is 12.9. The molecule has 1 heterocycles. The first-order valence-electron chi connectivity index (χ1n) is 6.66. The molecule has 94 valence electrons. The maximum absolute atomic E-state index is 6.23. The average Bonchev–Trinajstić information content (AvgIpc) is 2.35. The zero-order chi connectivity index (χ0) is 12.0. The molecule has 0 N–H and O–H groups in total. The van der Waals surface area contributed by atoms with Crippen LogP contribution in [0.2, 0.25) is 0 Å². The van der Waals surface area contributed by atoms with E-state index in [0.717, 1.165) is 5.92 Å². The molecule has 0 amide bonds. The topological polar surface area (TPSA) is 9.23 Å². The van der Waals surface area contributed by atoms with Gasteiger partial charge in [0.05, 0.1) is 11.2 Å². The first-order chi connectivity index (χ1) is 7.32. The number of rotatable bonds is 1. The Kier molecular flexibility index (Phi) is 3.44. The van der Waals surface area contributed by atoms with Gasteiger partial charge in [0.2, 0.25) is 0 Å². The van der Waals surface area contributed by atoms with Gasteiger partial charge in [-0.2, -0.15) is 0 Å². The summed E-state index contributed by atoms with van der Waals surface area (Å²) in [5.74, 6) is 1.53. The van der Waals surface area contributed by atoms with Gasteiger partial charge in [-0.15, -0.1) is 0 Å². The summed E-state index contributed by atoms with van der Waals surface area (Å²) in [5.41, 5.74) is 0.121. The van der Waals surface area contributed by atoms with Crippen molar-refractivity contribution in [3.8, 4) is 0 Å². The molecule has 2 heteroatoms. The molecule has 16 heavy (non-hydrogen) atoms. The van der Waals surface area contributed by atoms with Gasteiger partial charge in [0.25, 0.3) is 0 Å². The molecule has 2 aliphatic rings. The minimum absolute atomic E-state index is 0.0531. The summed E-state index contributed by atoms with van der Waals surface area (Å²) in [6.45, 7) is 9.03. The molecule has 1 nitrogen and oxygen atoms in total. The largest absolute Gasteiger partial charge is 0.369 e. The van der Waals surface area contributed by atoms with Crippen molar-refractivity contribution in [2.45, 2.75) is 75.8 Å². The van der Waals surface area contributed by atoms with Crippen molar-refractivity contribution >= 4 is 15.9 Å². The fraction of sp³-hybridized carbons (Fsp3) is 1.00. The van der Waals surface area contributed by atoms with Crippen molar-refractivity contribution in [2.75, 3.05) is 0 Å². The van der Waals surface area contributed by atoms with Crippen LogP contribution in [0.3, 0.4) is 0 Å². The Morgan fingerprint density at radius 3 is 2.19 bits per heavy atom. The van der Waals surface area contributed by atoms with E-state index in [1.54, 1.807) is 0 Å². The van der Waals surface area contributed by atoms with E-state index in [9.17, 15) is 0 Å². The van der Waals surface area contributed by atoms with Gasteiger partial charge in [0, 0.05) is 4.83 Å². The molecule has 0 spiro atoms. The van der Waals surface area contributed by atoms with Crippen molar-refractivity contribution in [1.29, 1.82) is 0 Å². The van der Waals surface area contributed by atoms with Crippen LogP contribution in [0.15, 0.2) is 0 Å². The van der Waals surface area contributed by atoms with Gasteiger partial charge < -0.3 is 4.74 Å². The lowest BCUT2D eigenvalue weighted by molar-refractivity contribution is -0.0810. The van der Waals surface area contributed by atoms with Crippen LogP contribution in [0.25, 0.3) is 0 Å². The number of hydrogen-bond acceptors (Lipinski definition) is 1. The van der Waals surface area contributed by atoms with E-state index in [2.05, 4.69) is 43.6 Å². The minimum Gasteiger partial charge on any atom is -0.369 e. The van der Waals surface area contributed by atoms with Crippen molar-refractivity contribution in [3.05, 3.63) is 0 Å². The molecule has 0 aromatic heterocycles. The third-order valence-corrected chi connectivity index (χ3v) is 5.53. The van der Waals surface area contributed by atoms with Crippen LogP contribution in [-0.4, -0.2) is 16.0 Å². The summed E-state index contributed by atoms with van der Waals surface area (Å²) in [7, 11) is 0. The molecule has 3 atom stereocenters. The summed E-state index contributed by atoms with van der Waals surface area (Å²) in [4.78, 5) is 0.711. The Hall–Kier alpha value is 0.440. The Balaban J connectivity index is 2.13. The minimum atomic E-state index is 0.0531. The van der Waals surface area contributed by atoms with E-state index in [1.807, 2.05) is 0 Å². The lowest BCUT2D eigenvalue weighted by Gasteiger charge is -2.38. The molecule has 2 rings (SSSR count). The average molecular weight is 289 g/mol. The number of halogens is 1. The monoisotopic (exact) mass is 288 g/mol. The molecule has 1 saturated heterocycles. The fourth-order valence-corrected chi connectivity index (χ4v) is 4.80. The predicted molar refractivity (Wildman–Crippen MR) is 72.0 cm³/mol. The summed E-state index contributed by atoms with van der Waals surface area (Å²) < 4.78 is 6.23. The van der Waals surface area contributed by atoms with Crippen LogP contribution in [0.5, 0.6) is 0 Å². The molecule has 2 fully saturated rings. The SMILES string of the molecule is CC1(C)CC(C2CCCCC2Br)C(C)(C)O1. The van der Waals surface area contributed by atoms with E-state index in [-0.39, 0.29) is 11.2 Å². The number of ether oxygens (including phenoxy) is 1. The Labute approximate surface area is 108 Å². The molecule has 1 saturated carbocycles. The normalized spacial score (nSPS) is 42.2. The van der Waals surface area contributed by atoms with Gasteiger partial charge in [-0.05, 0) is 58.8 Å². The molecule has 0 aromatic rings. The molecule has 1 aliphatic carbocycles. The smallest absolute Gasteiger partial charge is 0.0665 e. The zero-order valence-electron chi connectivity index (χ0n) is 11.1. The van der Waals surface area contributed by atoms with Crippen LogP contribution in [0, 0.1) is 11.8 Å². The van der Waals surface area contributed by atoms with Gasteiger partial charge >= 0.3 is 0 Å². The molecule has 0 bridgehead atoms. The molecular weight excluding hydrogens is 264 g/mol. The van der Waals surface area contributed by atoms with Crippen LogP contribution >= 0.6 is 15.9 Å². The number of alkyl halides is 1. The van der Waals surface area contributed by atoms with Crippen molar-refractivity contribution in [3.63, 3.8) is 0 Å². The van der Waals surface area contributed by atoms with Crippen molar-refractivity contribution < 1.29 is 4.74 Å². The fourth-order valence-electron chi connectivity index (χ4n) is 3.84. The van der Waals surface area contributed by atoms with E-state index in [0.29, 0.717) is 10.7 Å². The quantitative estimate of drug-likeness (QED) is 0.644. The summed E-state index contributed by atoms with van der Waals surface area (Å²) >= 11 is 3.90. The summed E-state index contributed by atoms with van der Waals surface area (Å²) in [6.07, 6.45) is 6.73. The first-order valence-corrected chi connectivity index (χ1v) is 7.58. The predicted octanol–water partition coefficient (Wildman–Crippen LogP) is 4.53. The lowest BCUT2D eigenvalue weighted by atomic mass is 9.71. The lowest BCUT2D eigenvalue weighted by Crippen LogP contribution is -2.38. The highest BCUT2D eigenvalue weighted by atomic mass is 79.9. The maximum Gasteiger partial charge on any atom is 0.0665 e. The second-order valence-electron chi connectivity index (χ2n) is 6.74. The number of hydrogen-bond donors (Lipinski definition) is 0. The highest BCUT2D eigenvalue weighted by molar-refractivity contribution is 9.09. The van der Waals surface area contributed by atoms with Gasteiger partial charge in [-0.3, -0.25) is 0 Å². The van der Waals surface area contributed by atoms with E-state index in [4.69, 9.17) is 4.74 Å². The van der Waals surface area contributed by atoms with E-state index < -0.39 is 0 Å². The zero-order valence-corrected chi connectivity index (χ0v) is 12.6. The van der Waals surface area contributed by atoms with Crippen LogP contribution in [-0.2, 0) is 4.74 Å². The Morgan fingerprint density at radius 1 is 1.06 bits per heavy atom. The summed E-state index contributed by atoms with van der Waals surface area (Å²) in [6, 6.07) is 0. The second kappa shape index (κ2) is 4.28. The molecule has 1 aliphatic heterocycles. The van der Waals surface area contributed by atoms with Gasteiger partial charge in [0.15, 0.2) is 0 Å². The molecule has 0 radical (unpaired) electrons. The molecule has 3 unspecified atom stereocenters.